The number of hydrogen-bond acceptors (Lipinski definition) is 6. The summed E-state index contributed by atoms with van der Waals surface area (Å²) in [6.07, 6.45) is 0. The van der Waals surface area contributed by atoms with Gasteiger partial charge in [-0.3, -0.25) is 4.79 Å². The average molecular weight is 417 g/mol. The van der Waals surface area contributed by atoms with Crippen LogP contribution in [0, 0.1) is 6.92 Å². The molecular weight excluding hydrogens is 398 g/mol. The van der Waals surface area contributed by atoms with Gasteiger partial charge in [0.05, 0.1) is 5.75 Å². The summed E-state index contributed by atoms with van der Waals surface area (Å²) in [5, 5.41) is 11.2. The Kier molecular flexibility index (Phi) is 6.10. The van der Waals surface area contributed by atoms with Crippen molar-refractivity contribution in [3.05, 3.63) is 84.4 Å². The second-order valence-corrected chi connectivity index (χ2v) is 7.45. The molecule has 0 fully saturated rings. The van der Waals surface area contributed by atoms with E-state index < -0.39 is 0 Å². The van der Waals surface area contributed by atoms with Crippen LogP contribution in [-0.2, 0) is 4.79 Å². The minimum absolute atomic E-state index is 0.160. The molecule has 3 aromatic carbocycles. The van der Waals surface area contributed by atoms with Crippen molar-refractivity contribution < 1.29 is 13.9 Å². The third kappa shape index (κ3) is 5.27. The number of thioether (sulfide) groups is 1. The van der Waals surface area contributed by atoms with E-state index in [1.54, 1.807) is 12.1 Å². The van der Waals surface area contributed by atoms with Crippen LogP contribution in [0.5, 0.6) is 11.5 Å². The molecule has 0 saturated heterocycles. The maximum atomic E-state index is 12.2. The van der Waals surface area contributed by atoms with Crippen LogP contribution in [0.2, 0.25) is 0 Å². The normalized spacial score (nSPS) is 10.6. The zero-order valence-electron chi connectivity index (χ0n) is 16.2. The van der Waals surface area contributed by atoms with Gasteiger partial charge in [-0.1, -0.05) is 42.1 Å². The molecule has 6 nitrogen and oxygen atoms in total. The number of hydrogen-bond donors (Lipinski definition) is 1. The number of aromatic nitrogens is 2. The van der Waals surface area contributed by atoms with Crippen molar-refractivity contribution in [2.24, 2.45) is 0 Å². The van der Waals surface area contributed by atoms with Gasteiger partial charge in [-0.05, 0) is 61.0 Å². The molecule has 0 atom stereocenters. The van der Waals surface area contributed by atoms with Gasteiger partial charge in [0, 0.05) is 11.3 Å². The highest BCUT2D eigenvalue weighted by Crippen LogP contribution is 2.25. The summed E-state index contributed by atoms with van der Waals surface area (Å²) in [7, 11) is 0. The van der Waals surface area contributed by atoms with Gasteiger partial charge < -0.3 is 14.5 Å². The molecule has 0 bridgehead atoms. The van der Waals surface area contributed by atoms with Crippen LogP contribution in [-0.4, -0.2) is 21.9 Å². The number of benzene rings is 3. The molecule has 0 spiro atoms. The monoisotopic (exact) mass is 417 g/mol. The predicted octanol–water partition coefficient (Wildman–Crippen LogP) is 5.57. The fraction of sp³-hybridized carbons (Fsp3) is 0.0870. The first-order valence-electron chi connectivity index (χ1n) is 9.32. The Morgan fingerprint density at radius 1 is 0.967 bits per heavy atom. The molecule has 1 heterocycles. The number of carbonyl (C=O) groups excluding carboxylic acids is 1. The van der Waals surface area contributed by atoms with E-state index in [9.17, 15) is 4.79 Å². The highest BCUT2D eigenvalue weighted by atomic mass is 32.2. The lowest BCUT2D eigenvalue weighted by Gasteiger charge is -2.08. The fourth-order valence-corrected chi connectivity index (χ4v) is 3.27. The number of amides is 1. The van der Waals surface area contributed by atoms with Crippen LogP contribution >= 0.6 is 11.8 Å². The molecule has 1 amide bonds. The van der Waals surface area contributed by atoms with Crippen molar-refractivity contribution in [3.63, 3.8) is 0 Å². The Balaban J connectivity index is 1.28. The van der Waals surface area contributed by atoms with Gasteiger partial charge in [0.1, 0.15) is 11.5 Å². The van der Waals surface area contributed by atoms with Crippen molar-refractivity contribution in [3.8, 4) is 23.0 Å². The van der Waals surface area contributed by atoms with Gasteiger partial charge in [0.15, 0.2) is 0 Å². The summed E-state index contributed by atoms with van der Waals surface area (Å²) in [4.78, 5) is 12.2. The number of anilines is 1. The van der Waals surface area contributed by atoms with Crippen LogP contribution in [0.4, 0.5) is 5.69 Å². The van der Waals surface area contributed by atoms with Crippen LogP contribution in [0.3, 0.4) is 0 Å². The van der Waals surface area contributed by atoms with Crippen LogP contribution in [0.15, 0.2) is 88.5 Å². The molecule has 0 unspecified atom stereocenters. The highest BCUT2D eigenvalue weighted by Gasteiger charge is 2.11. The zero-order chi connectivity index (χ0) is 20.8. The maximum absolute atomic E-state index is 12.2. The van der Waals surface area contributed by atoms with Crippen LogP contribution in [0.25, 0.3) is 11.5 Å². The van der Waals surface area contributed by atoms with E-state index in [-0.39, 0.29) is 11.7 Å². The van der Waals surface area contributed by atoms with E-state index >= 15 is 0 Å². The van der Waals surface area contributed by atoms with Gasteiger partial charge in [0.25, 0.3) is 5.22 Å². The molecule has 0 aliphatic carbocycles. The smallest absolute Gasteiger partial charge is 0.277 e. The number of carbonyl (C=O) groups is 1. The SMILES string of the molecule is Cc1cccc(Oc2ccc(NC(=O)CSc3nnc(-c4ccccc4)o3)cc2)c1. The topological polar surface area (TPSA) is 77.2 Å². The summed E-state index contributed by atoms with van der Waals surface area (Å²) < 4.78 is 11.4. The lowest BCUT2D eigenvalue weighted by molar-refractivity contribution is -0.113. The van der Waals surface area contributed by atoms with Crippen LogP contribution < -0.4 is 10.1 Å². The Morgan fingerprint density at radius 2 is 1.77 bits per heavy atom. The molecule has 30 heavy (non-hydrogen) atoms. The molecule has 4 aromatic rings. The molecule has 150 valence electrons. The molecule has 0 aliphatic rings. The lowest BCUT2D eigenvalue weighted by atomic mass is 10.2. The Morgan fingerprint density at radius 3 is 2.53 bits per heavy atom. The first-order valence-corrected chi connectivity index (χ1v) is 10.3. The van der Waals surface area contributed by atoms with Crippen molar-refractivity contribution in [2.75, 3.05) is 11.1 Å². The summed E-state index contributed by atoms with van der Waals surface area (Å²) in [5.41, 5.74) is 2.66. The number of rotatable bonds is 7. The van der Waals surface area contributed by atoms with Gasteiger partial charge in [-0.2, -0.15) is 0 Å². The fourth-order valence-electron chi connectivity index (χ4n) is 2.71. The minimum Gasteiger partial charge on any atom is -0.457 e. The minimum atomic E-state index is -0.160. The van der Waals surface area contributed by atoms with E-state index in [1.165, 1.54) is 11.8 Å². The third-order valence-corrected chi connectivity index (χ3v) is 4.94. The van der Waals surface area contributed by atoms with E-state index in [0.29, 0.717) is 22.6 Å². The van der Waals surface area contributed by atoms with Crippen LogP contribution in [0.1, 0.15) is 5.56 Å². The average Bonchev–Trinajstić information content (AvgIpc) is 3.24. The number of nitrogens with zero attached hydrogens (tertiary/aromatic N) is 2. The molecule has 7 heteroatoms. The first kappa shape index (κ1) is 19.7. The number of ether oxygens (including phenoxy) is 1. The number of nitrogens with one attached hydrogen (secondary N) is 1. The largest absolute Gasteiger partial charge is 0.457 e. The standard InChI is InChI=1S/C23H19N3O3S/c1-16-6-5-9-20(14-16)28-19-12-10-18(11-13-19)24-21(27)15-30-23-26-25-22(29-23)17-7-3-2-4-8-17/h2-14H,15H2,1H3,(H,24,27). The molecule has 1 N–H and O–H groups in total. The zero-order valence-corrected chi connectivity index (χ0v) is 17.1. The first-order chi connectivity index (χ1) is 14.7. The van der Waals surface area contributed by atoms with E-state index in [1.807, 2.05) is 73.7 Å². The second kappa shape index (κ2) is 9.28. The van der Waals surface area contributed by atoms with E-state index in [4.69, 9.17) is 9.15 Å². The molecule has 0 saturated carbocycles. The van der Waals surface area contributed by atoms with Gasteiger partial charge in [0.2, 0.25) is 11.8 Å². The number of aryl methyl sites for hydroxylation is 1. The van der Waals surface area contributed by atoms with E-state index in [2.05, 4.69) is 15.5 Å². The predicted molar refractivity (Wildman–Crippen MR) is 117 cm³/mol. The van der Waals surface area contributed by atoms with Crippen molar-refractivity contribution in [1.82, 2.24) is 10.2 Å². The molecule has 4 rings (SSSR count). The van der Waals surface area contributed by atoms with E-state index in [0.717, 1.165) is 16.9 Å². The Labute approximate surface area is 178 Å². The van der Waals surface area contributed by atoms with Gasteiger partial charge >= 0.3 is 0 Å². The van der Waals surface area contributed by atoms with Gasteiger partial charge in [-0.15, -0.1) is 10.2 Å². The molecule has 1 aromatic heterocycles. The third-order valence-electron chi connectivity index (χ3n) is 4.12. The second-order valence-electron chi connectivity index (χ2n) is 6.52. The van der Waals surface area contributed by atoms with Crippen molar-refractivity contribution in [2.45, 2.75) is 12.1 Å². The molecule has 0 radical (unpaired) electrons. The quantitative estimate of drug-likeness (QED) is 0.396. The lowest BCUT2D eigenvalue weighted by Crippen LogP contribution is -2.13. The molecule has 0 aliphatic heterocycles. The molecular formula is C23H19N3O3S. The Hall–Kier alpha value is -3.58. The maximum Gasteiger partial charge on any atom is 0.277 e. The highest BCUT2D eigenvalue weighted by molar-refractivity contribution is 7.99. The summed E-state index contributed by atoms with van der Waals surface area (Å²) >= 11 is 1.19. The summed E-state index contributed by atoms with van der Waals surface area (Å²) in [5.74, 6) is 1.91. The van der Waals surface area contributed by atoms with Gasteiger partial charge in [-0.25, -0.2) is 0 Å². The summed E-state index contributed by atoms with van der Waals surface area (Å²) in [6, 6.07) is 24.6. The summed E-state index contributed by atoms with van der Waals surface area (Å²) in [6.45, 7) is 2.01. The van der Waals surface area contributed by atoms with Crippen molar-refractivity contribution in [1.29, 1.82) is 0 Å². The Bertz CT molecular complexity index is 1130. The van der Waals surface area contributed by atoms with Crippen molar-refractivity contribution >= 4 is 23.4 Å².